The molecule has 0 bridgehead atoms. The number of aldehydes is 1. The number of nitrogens with zero attached hydrogens (tertiary/aromatic N) is 3. The number of methoxy groups -OCH3 is 1. The van der Waals surface area contributed by atoms with Crippen LogP contribution in [-0.2, 0) is 4.79 Å². The SMILES string of the molecule is COc1cc2nc(Nc3ccc(F)c(Cl)c3)ncc2cc1O[C@@H]1CCN(/C=C/C=O)C1. The number of halogens is 2. The van der Waals surface area contributed by atoms with Crippen molar-refractivity contribution in [2.45, 2.75) is 12.5 Å². The summed E-state index contributed by atoms with van der Waals surface area (Å²) in [5, 5.41) is 3.82. The highest BCUT2D eigenvalue weighted by Crippen LogP contribution is 2.34. The van der Waals surface area contributed by atoms with E-state index in [1.807, 2.05) is 11.0 Å². The minimum absolute atomic E-state index is 0.0152. The van der Waals surface area contributed by atoms with E-state index in [1.54, 1.807) is 31.6 Å². The Balaban J connectivity index is 1.54. The van der Waals surface area contributed by atoms with Crippen LogP contribution in [0.3, 0.4) is 0 Å². The lowest BCUT2D eigenvalue weighted by atomic mass is 10.2. The Morgan fingerprint density at radius 2 is 2.16 bits per heavy atom. The molecule has 3 aromatic rings. The Labute approximate surface area is 183 Å². The van der Waals surface area contributed by atoms with Gasteiger partial charge >= 0.3 is 0 Å². The number of hydrogen-bond acceptors (Lipinski definition) is 7. The van der Waals surface area contributed by atoms with Gasteiger partial charge in [0.25, 0.3) is 0 Å². The molecule has 0 unspecified atom stereocenters. The Morgan fingerprint density at radius 3 is 2.94 bits per heavy atom. The maximum absolute atomic E-state index is 13.4. The van der Waals surface area contributed by atoms with Gasteiger partial charge in [-0.15, -0.1) is 0 Å². The van der Waals surface area contributed by atoms with Crippen molar-refractivity contribution in [3.8, 4) is 11.5 Å². The van der Waals surface area contributed by atoms with E-state index in [1.165, 1.54) is 18.2 Å². The fraction of sp³-hybridized carbons (Fsp3) is 0.227. The van der Waals surface area contributed by atoms with Crippen LogP contribution in [0.5, 0.6) is 11.5 Å². The van der Waals surface area contributed by atoms with Gasteiger partial charge in [0, 0.05) is 42.5 Å². The van der Waals surface area contributed by atoms with Crippen molar-refractivity contribution in [1.29, 1.82) is 0 Å². The fourth-order valence-electron chi connectivity index (χ4n) is 3.38. The van der Waals surface area contributed by atoms with Crippen LogP contribution in [0, 0.1) is 5.82 Å². The van der Waals surface area contributed by atoms with Gasteiger partial charge in [0.2, 0.25) is 5.95 Å². The lowest BCUT2D eigenvalue weighted by Crippen LogP contribution is -2.21. The van der Waals surface area contributed by atoms with Crippen molar-refractivity contribution in [1.82, 2.24) is 14.9 Å². The molecule has 1 atom stereocenters. The zero-order valence-electron chi connectivity index (χ0n) is 16.7. The molecule has 9 heteroatoms. The van der Waals surface area contributed by atoms with E-state index in [0.29, 0.717) is 35.2 Å². The molecule has 31 heavy (non-hydrogen) atoms. The number of nitrogens with one attached hydrogen (secondary N) is 1. The molecule has 0 saturated carbocycles. The molecule has 1 aliphatic heterocycles. The van der Waals surface area contributed by atoms with Crippen LogP contribution in [0.15, 0.2) is 48.8 Å². The highest BCUT2D eigenvalue weighted by Gasteiger charge is 2.23. The van der Waals surface area contributed by atoms with Gasteiger partial charge < -0.3 is 19.7 Å². The summed E-state index contributed by atoms with van der Waals surface area (Å²) >= 11 is 5.83. The largest absolute Gasteiger partial charge is 0.493 e. The van der Waals surface area contributed by atoms with E-state index in [-0.39, 0.29) is 11.1 Å². The molecule has 160 valence electrons. The maximum Gasteiger partial charge on any atom is 0.227 e. The molecular formula is C22H20ClFN4O3. The quantitative estimate of drug-likeness (QED) is 0.431. The number of fused-ring (bicyclic) bond motifs is 1. The number of allylic oxidation sites excluding steroid dienone is 1. The number of ether oxygens (including phenoxy) is 2. The summed E-state index contributed by atoms with van der Waals surface area (Å²) in [6, 6.07) is 7.93. The summed E-state index contributed by atoms with van der Waals surface area (Å²) in [6.45, 7) is 1.50. The standard InChI is InChI=1S/C22H20ClFN4O3/c1-30-20-11-19-14(9-21(20)31-16-5-7-28(13-16)6-2-8-29)12-25-22(27-19)26-15-3-4-18(24)17(23)10-15/h2-4,6,8-12,16H,5,7,13H2,1H3,(H,25,26,27)/b6-2+/t16-/m1/s1. The number of rotatable bonds is 7. The second-order valence-electron chi connectivity index (χ2n) is 7.01. The molecule has 1 aliphatic rings. The number of hydrogen-bond donors (Lipinski definition) is 1. The molecule has 0 spiro atoms. The van der Waals surface area contributed by atoms with E-state index < -0.39 is 5.82 Å². The molecule has 7 nitrogen and oxygen atoms in total. The van der Waals surface area contributed by atoms with Gasteiger partial charge in [0.05, 0.1) is 24.2 Å². The van der Waals surface area contributed by atoms with E-state index in [9.17, 15) is 9.18 Å². The Morgan fingerprint density at radius 1 is 1.29 bits per heavy atom. The first-order valence-electron chi connectivity index (χ1n) is 9.65. The lowest BCUT2D eigenvalue weighted by Gasteiger charge is -2.17. The summed E-state index contributed by atoms with van der Waals surface area (Å²) in [5.41, 5.74) is 1.24. The Kier molecular flexibility index (Phi) is 6.18. The summed E-state index contributed by atoms with van der Waals surface area (Å²) in [6.07, 6.45) is 6.49. The number of likely N-dealkylation sites (tertiary alicyclic amines) is 1. The third kappa shape index (κ3) is 4.86. The van der Waals surface area contributed by atoms with E-state index in [0.717, 1.165) is 24.6 Å². The van der Waals surface area contributed by atoms with Gasteiger partial charge in [-0.05, 0) is 30.3 Å². The molecule has 2 heterocycles. The molecule has 0 amide bonds. The molecular weight excluding hydrogens is 423 g/mol. The van der Waals surface area contributed by atoms with Gasteiger partial charge in [-0.3, -0.25) is 4.79 Å². The highest BCUT2D eigenvalue weighted by molar-refractivity contribution is 6.31. The third-order valence-electron chi connectivity index (χ3n) is 4.89. The summed E-state index contributed by atoms with van der Waals surface area (Å²) < 4.78 is 25.0. The van der Waals surface area contributed by atoms with E-state index in [2.05, 4.69) is 15.3 Å². The van der Waals surface area contributed by atoms with Crippen LogP contribution >= 0.6 is 11.6 Å². The molecule has 1 aromatic heterocycles. The van der Waals surface area contributed by atoms with Crippen LogP contribution < -0.4 is 14.8 Å². The Bertz CT molecular complexity index is 1140. The number of carbonyl (C=O) groups excluding carboxylic acids is 1. The average molecular weight is 443 g/mol. The second-order valence-corrected chi connectivity index (χ2v) is 7.42. The fourth-order valence-corrected chi connectivity index (χ4v) is 3.56. The minimum Gasteiger partial charge on any atom is -0.493 e. The monoisotopic (exact) mass is 442 g/mol. The second kappa shape index (κ2) is 9.18. The van der Waals surface area contributed by atoms with Crippen LogP contribution in [0.4, 0.5) is 16.0 Å². The smallest absolute Gasteiger partial charge is 0.227 e. The summed E-state index contributed by atoms with van der Waals surface area (Å²) in [5.74, 6) is 1.02. The van der Waals surface area contributed by atoms with Crippen molar-refractivity contribution < 1.29 is 18.7 Å². The first-order chi connectivity index (χ1) is 15.1. The zero-order valence-corrected chi connectivity index (χ0v) is 17.5. The van der Waals surface area contributed by atoms with Crippen molar-refractivity contribution in [2.75, 3.05) is 25.5 Å². The van der Waals surface area contributed by atoms with Crippen molar-refractivity contribution in [2.24, 2.45) is 0 Å². The number of anilines is 2. The van der Waals surface area contributed by atoms with E-state index in [4.69, 9.17) is 21.1 Å². The van der Waals surface area contributed by atoms with Crippen LogP contribution in [0.1, 0.15) is 6.42 Å². The molecule has 4 rings (SSSR count). The lowest BCUT2D eigenvalue weighted by molar-refractivity contribution is -0.104. The van der Waals surface area contributed by atoms with Crippen molar-refractivity contribution in [3.63, 3.8) is 0 Å². The minimum atomic E-state index is -0.492. The molecule has 1 N–H and O–H groups in total. The topological polar surface area (TPSA) is 76.6 Å². The molecule has 1 saturated heterocycles. The summed E-state index contributed by atoms with van der Waals surface area (Å²) in [7, 11) is 1.57. The molecule has 0 radical (unpaired) electrons. The van der Waals surface area contributed by atoms with Crippen LogP contribution in [0.25, 0.3) is 10.9 Å². The first-order valence-corrected chi connectivity index (χ1v) is 10.0. The Hall–Kier alpha value is -3.39. The van der Waals surface area contributed by atoms with Gasteiger partial charge in [0.1, 0.15) is 18.2 Å². The maximum atomic E-state index is 13.4. The van der Waals surface area contributed by atoms with Gasteiger partial charge in [-0.25, -0.2) is 14.4 Å². The van der Waals surface area contributed by atoms with Crippen molar-refractivity contribution >= 4 is 40.4 Å². The van der Waals surface area contributed by atoms with Crippen LogP contribution in [-0.4, -0.2) is 47.5 Å². The third-order valence-corrected chi connectivity index (χ3v) is 5.18. The van der Waals surface area contributed by atoms with Crippen LogP contribution in [0.2, 0.25) is 5.02 Å². The predicted octanol–water partition coefficient (Wildman–Crippen LogP) is 4.34. The predicted molar refractivity (Wildman–Crippen MR) is 117 cm³/mol. The van der Waals surface area contributed by atoms with Gasteiger partial charge in [0.15, 0.2) is 11.5 Å². The molecule has 1 fully saturated rings. The van der Waals surface area contributed by atoms with Crippen molar-refractivity contribution in [3.05, 3.63) is 59.6 Å². The summed E-state index contributed by atoms with van der Waals surface area (Å²) in [4.78, 5) is 21.4. The number of benzene rings is 2. The van der Waals surface area contributed by atoms with E-state index >= 15 is 0 Å². The number of aromatic nitrogens is 2. The van der Waals surface area contributed by atoms with Gasteiger partial charge in [-0.1, -0.05) is 11.6 Å². The first kappa shape index (κ1) is 20.9. The normalized spacial score (nSPS) is 16.1. The molecule has 0 aliphatic carbocycles. The average Bonchev–Trinajstić information content (AvgIpc) is 3.21. The highest BCUT2D eigenvalue weighted by atomic mass is 35.5. The molecule has 2 aromatic carbocycles. The van der Waals surface area contributed by atoms with Gasteiger partial charge in [-0.2, -0.15) is 0 Å². The zero-order chi connectivity index (χ0) is 21.8. The number of carbonyl (C=O) groups is 1.